The maximum absolute atomic E-state index is 12.5. The van der Waals surface area contributed by atoms with Crippen LogP contribution >= 0.6 is 0 Å². The van der Waals surface area contributed by atoms with Crippen LogP contribution in [0.2, 0.25) is 0 Å². The van der Waals surface area contributed by atoms with Gasteiger partial charge in [-0.3, -0.25) is 9.48 Å². The van der Waals surface area contributed by atoms with E-state index < -0.39 is 0 Å². The van der Waals surface area contributed by atoms with E-state index >= 15 is 0 Å². The number of para-hydroxylation sites is 1. The van der Waals surface area contributed by atoms with Crippen LogP contribution in [0.25, 0.3) is 10.9 Å². The fourth-order valence-electron chi connectivity index (χ4n) is 2.64. The minimum atomic E-state index is -0.218. The highest BCUT2D eigenvalue weighted by molar-refractivity contribution is 6.04. The average Bonchev–Trinajstić information content (AvgIpc) is 2.97. The number of nitrogens with zero attached hydrogens (tertiary/aromatic N) is 2. The number of hydrogen-bond acceptors (Lipinski definition) is 4. The predicted octanol–water partition coefficient (Wildman–Crippen LogP) is 2.52. The number of aryl methyl sites for hydroxylation is 1. The van der Waals surface area contributed by atoms with Crippen molar-refractivity contribution in [2.75, 3.05) is 14.2 Å². The van der Waals surface area contributed by atoms with Crippen molar-refractivity contribution in [2.45, 2.75) is 6.54 Å². The molecule has 24 heavy (non-hydrogen) atoms. The van der Waals surface area contributed by atoms with Gasteiger partial charge in [0.1, 0.15) is 11.5 Å². The standard InChI is InChI=1S/C18H19N3O3/c1-21-15-7-5-4-6-14(15)17(20-21)18(22)19-11-12-8-9-13(23-2)10-16(12)24-3/h4-10H,11H2,1-3H3,(H,19,22). The van der Waals surface area contributed by atoms with Gasteiger partial charge in [-0.2, -0.15) is 5.10 Å². The van der Waals surface area contributed by atoms with Crippen molar-refractivity contribution < 1.29 is 14.3 Å². The summed E-state index contributed by atoms with van der Waals surface area (Å²) in [5, 5.41) is 8.06. The molecule has 1 N–H and O–H groups in total. The Morgan fingerprint density at radius 2 is 1.96 bits per heavy atom. The Bertz CT molecular complexity index is 886. The van der Waals surface area contributed by atoms with Crippen molar-refractivity contribution in [1.82, 2.24) is 15.1 Å². The van der Waals surface area contributed by atoms with Crippen LogP contribution in [0.4, 0.5) is 0 Å². The summed E-state index contributed by atoms with van der Waals surface area (Å²) in [6.45, 7) is 0.344. The Kier molecular flexibility index (Phi) is 4.37. The number of nitrogens with one attached hydrogen (secondary N) is 1. The number of aromatic nitrogens is 2. The number of carbonyl (C=O) groups is 1. The molecule has 0 aliphatic carbocycles. The van der Waals surface area contributed by atoms with E-state index in [4.69, 9.17) is 9.47 Å². The summed E-state index contributed by atoms with van der Waals surface area (Å²) in [5.74, 6) is 1.16. The molecule has 0 saturated carbocycles. The first kappa shape index (κ1) is 15.9. The number of methoxy groups -OCH3 is 2. The van der Waals surface area contributed by atoms with E-state index in [-0.39, 0.29) is 5.91 Å². The van der Waals surface area contributed by atoms with Crippen molar-refractivity contribution in [3.05, 3.63) is 53.7 Å². The molecule has 0 aliphatic heterocycles. The van der Waals surface area contributed by atoms with Crippen LogP contribution in [0.15, 0.2) is 42.5 Å². The van der Waals surface area contributed by atoms with E-state index in [9.17, 15) is 4.79 Å². The molecule has 0 aliphatic rings. The molecule has 1 heterocycles. The van der Waals surface area contributed by atoms with E-state index in [0.29, 0.717) is 23.7 Å². The molecule has 0 radical (unpaired) electrons. The Labute approximate surface area is 140 Å². The highest BCUT2D eigenvalue weighted by Crippen LogP contribution is 2.24. The number of carbonyl (C=O) groups excluding carboxylic acids is 1. The lowest BCUT2D eigenvalue weighted by Crippen LogP contribution is -2.23. The molecule has 1 amide bonds. The molecule has 3 rings (SSSR count). The smallest absolute Gasteiger partial charge is 0.272 e. The van der Waals surface area contributed by atoms with Gasteiger partial charge in [0.25, 0.3) is 5.91 Å². The van der Waals surface area contributed by atoms with Crippen molar-refractivity contribution in [3.8, 4) is 11.5 Å². The largest absolute Gasteiger partial charge is 0.497 e. The topological polar surface area (TPSA) is 65.4 Å². The third-order valence-electron chi connectivity index (χ3n) is 3.91. The second kappa shape index (κ2) is 6.62. The number of ether oxygens (including phenoxy) is 2. The quantitative estimate of drug-likeness (QED) is 0.783. The maximum Gasteiger partial charge on any atom is 0.272 e. The van der Waals surface area contributed by atoms with E-state index in [0.717, 1.165) is 16.5 Å². The summed E-state index contributed by atoms with van der Waals surface area (Å²) in [4.78, 5) is 12.5. The maximum atomic E-state index is 12.5. The molecule has 0 spiro atoms. The monoisotopic (exact) mass is 325 g/mol. The lowest BCUT2D eigenvalue weighted by atomic mass is 10.1. The highest BCUT2D eigenvalue weighted by atomic mass is 16.5. The van der Waals surface area contributed by atoms with Gasteiger partial charge in [0.15, 0.2) is 5.69 Å². The molecule has 124 valence electrons. The molecule has 6 nitrogen and oxygen atoms in total. The fourth-order valence-corrected chi connectivity index (χ4v) is 2.64. The first-order valence-corrected chi connectivity index (χ1v) is 7.55. The summed E-state index contributed by atoms with van der Waals surface area (Å²) in [6.07, 6.45) is 0. The molecule has 0 bridgehead atoms. The van der Waals surface area contributed by atoms with Crippen molar-refractivity contribution in [1.29, 1.82) is 0 Å². The van der Waals surface area contributed by atoms with Gasteiger partial charge in [-0.05, 0) is 18.2 Å². The summed E-state index contributed by atoms with van der Waals surface area (Å²) in [5.41, 5.74) is 2.21. The average molecular weight is 325 g/mol. The summed E-state index contributed by atoms with van der Waals surface area (Å²) < 4.78 is 12.2. The van der Waals surface area contributed by atoms with Crippen LogP contribution in [0.1, 0.15) is 16.1 Å². The van der Waals surface area contributed by atoms with Crippen LogP contribution in [0, 0.1) is 0 Å². The zero-order valence-corrected chi connectivity index (χ0v) is 13.9. The van der Waals surface area contributed by atoms with Gasteiger partial charge in [0, 0.05) is 30.6 Å². The lowest BCUT2D eigenvalue weighted by molar-refractivity contribution is 0.0946. The minimum Gasteiger partial charge on any atom is -0.497 e. The second-order valence-electron chi connectivity index (χ2n) is 5.35. The Morgan fingerprint density at radius 3 is 2.71 bits per heavy atom. The highest BCUT2D eigenvalue weighted by Gasteiger charge is 2.16. The molecule has 6 heteroatoms. The van der Waals surface area contributed by atoms with E-state index in [1.807, 2.05) is 43.4 Å². The molecule has 2 aromatic carbocycles. The summed E-state index contributed by atoms with van der Waals surface area (Å²) in [6, 6.07) is 13.1. The fraction of sp³-hybridized carbons (Fsp3) is 0.222. The second-order valence-corrected chi connectivity index (χ2v) is 5.35. The first-order chi connectivity index (χ1) is 11.6. The van der Waals surface area contributed by atoms with Gasteiger partial charge < -0.3 is 14.8 Å². The third kappa shape index (κ3) is 2.90. The van der Waals surface area contributed by atoms with Crippen molar-refractivity contribution in [2.24, 2.45) is 7.05 Å². The lowest BCUT2D eigenvalue weighted by Gasteiger charge is -2.11. The molecular weight excluding hydrogens is 306 g/mol. The summed E-state index contributed by atoms with van der Waals surface area (Å²) >= 11 is 0. The van der Waals surface area contributed by atoms with Crippen LogP contribution < -0.4 is 14.8 Å². The van der Waals surface area contributed by atoms with Crippen LogP contribution in [-0.4, -0.2) is 29.9 Å². The van der Waals surface area contributed by atoms with Gasteiger partial charge in [-0.15, -0.1) is 0 Å². The molecular formula is C18H19N3O3. The molecule has 0 unspecified atom stereocenters. The number of fused-ring (bicyclic) bond motifs is 1. The van der Waals surface area contributed by atoms with Crippen molar-refractivity contribution in [3.63, 3.8) is 0 Å². The summed E-state index contributed by atoms with van der Waals surface area (Å²) in [7, 11) is 5.01. The minimum absolute atomic E-state index is 0.218. The number of amides is 1. The van der Waals surface area contributed by atoms with E-state index in [1.54, 1.807) is 25.0 Å². The van der Waals surface area contributed by atoms with Crippen molar-refractivity contribution >= 4 is 16.8 Å². The molecule has 0 atom stereocenters. The molecule has 0 fully saturated rings. The van der Waals surface area contributed by atoms with Gasteiger partial charge in [0.05, 0.1) is 19.7 Å². The Balaban J connectivity index is 1.80. The zero-order valence-electron chi connectivity index (χ0n) is 13.9. The van der Waals surface area contributed by atoms with Gasteiger partial charge in [-0.1, -0.05) is 18.2 Å². The van der Waals surface area contributed by atoms with Crippen LogP contribution in [-0.2, 0) is 13.6 Å². The number of benzene rings is 2. The zero-order chi connectivity index (χ0) is 17.1. The molecule has 3 aromatic rings. The normalized spacial score (nSPS) is 10.6. The van der Waals surface area contributed by atoms with Gasteiger partial charge in [-0.25, -0.2) is 0 Å². The Hall–Kier alpha value is -3.02. The predicted molar refractivity (Wildman–Crippen MR) is 91.4 cm³/mol. The Morgan fingerprint density at radius 1 is 1.17 bits per heavy atom. The molecule has 0 saturated heterocycles. The van der Waals surface area contributed by atoms with E-state index in [1.165, 1.54) is 0 Å². The van der Waals surface area contributed by atoms with Gasteiger partial charge in [0.2, 0.25) is 0 Å². The van der Waals surface area contributed by atoms with Gasteiger partial charge >= 0.3 is 0 Å². The number of hydrogen-bond donors (Lipinski definition) is 1. The van der Waals surface area contributed by atoms with E-state index in [2.05, 4.69) is 10.4 Å². The first-order valence-electron chi connectivity index (χ1n) is 7.55. The van der Waals surface area contributed by atoms with Crippen LogP contribution in [0.5, 0.6) is 11.5 Å². The SMILES string of the molecule is COc1ccc(CNC(=O)c2nn(C)c3ccccc23)c(OC)c1. The van der Waals surface area contributed by atoms with Crippen LogP contribution in [0.3, 0.4) is 0 Å². The molecule has 1 aromatic heterocycles. The third-order valence-corrected chi connectivity index (χ3v) is 3.91. The number of rotatable bonds is 5.